The maximum absolute atomic E-state index is 12.0. The summed E-state index contributed by atoms with van der Waals surface area (Å²) in [5.74, 6) is 1.59. The highest BCUT2D eigenvalue weighted by Crippen LogP contribution is 2.38. The molecule has 1 N–H and O–H groups in total. The van der Waals surface area contributed by atoms with Gasteiger partial charge in [0.25, 0.3) is 0 Å². The van der Waals surface area contributed by atoms with Crippen molar-refractivity contribution in [1.29, 1.82) is 0 Å². The Morgan fingerprint density at radius 1 is 1.05 bits per heavy atom. The Bertz CT molecular complexity index is 440. The SMILES string of the molecule is COc1cc(OC)c(NC(=O)CCCCCBr)c(OC)c1. The summed E-state index contributed by atoms with van der Waals surface area (Å²) in [6, 6.07) is 3.42. The molecule has 0 spiro atoms. The van der Waals surface area contributed by atoms with Gasteiger partial charge in [-0.25, -0.2) is 0 Å². The van der Waals surface area contributed by atoms with Crippen molar-refractivity contribution in [1.82, 2.24) is 0 Å². The summed E-state index contributed by atoms with van der Waals surface area (Å²) in [6.07, 6.45) is 3.43. The molecule has 0 aliphatic heterocycles. The third-order valence-corrected chi connectivity index (χ3v) is 3.58. The van der Waals surface area contributed by atoms with Crippen molar-refractivity contribution in [3.05, 3.63) is 12.1 Å². The van der Waals surface area contributed by atoms with Crippen LogP contribution in [0.15, 0.2) is 12.1 Å². The van der Waals surface area contributed by atoms with Gasteiger partial charge >= 0.3 is 0 Å². The minimum Gasteiger partial charge on any atom is -0.496 e. The van der Waals surface area contributed by atoms with Crippen molar-refractivity contribution in [2.75, 3.05) is 32.0 Å². The fourth-order valence-electron chi connectivity index (χ4n) is 1.89. The maximum Gasteiger partial charge on any atom is 0.224 e. The number of anilines is 1. The van der Waals surface area contributed by atoms with Gasteiger partial charge in [-0.2, -0.15) is 0 Å². The van der Waals surface area contributed by atoms with E-state index in [2.05, 4.69) is 21.2 Å². The van der Waals surface area contributed by atoms with Crippen LogP contribution in [0.3, 0.4) is 0 Å². The average Bonchev–Trinajstić information content (AvgIpc) is 2.51. The number of unbranched alkanes of at least 4 members (excludes halogenated alkanes) is 2. The lowest BCUT2D eigenvalue weighted by atomic mass is 10.2. The largest absolute Gasteiger partial charge is 0.496 e. The molecule has 5 nitrogen and oxygen atoms in total. The molecule has 0 bridgehead atoms. The van der Waals surface area contributed by atoms with Gasteiger partial charge in [-0.15, -0.1) is 0 Å². The molecule has 0 atom stereocenters. The molecule has 0 aliphatic carbocycles. The minimum absolute atomic E-state index is 0.0497. The van der Waals surface area contributed by atoms with Crippen LogP contribution in [0.1, 0.15) is 25.7 Å². The molecule has 1 amide bonds. The van der Waals surface area contributed by atoms with Gasteiger partial charge in [0.05, 0.1) is 21.3 Å². The Labute approximate surface area is 134 Å². The molecule has 1 rings (SSSR count). The second-order valence-electron chi connectivity index (χ2n) is 4.45. The van der Waals surface area contributed by atoms with E-state index in [1.165, 1.54) is 0 Å². The van der Waals surface area contributed by atoms with E-state index in [-0.39, 0.29) is 5.91 Å². The summed E-state index contributed by atoms with van der Waals surface area (Å²) >= 11 is 3.38. The molecule has 0 aliphatic rings. The van der Waals surface area contributed by atoms with Gasteiger partial charge in [0, 0.05) is 23.9 Å². The van der Waals surface area contributed by atoms with Crippen LogP contribution in [0.2, 0.25) is 0 Å². The van der Waals surface area contributed by atoms with E-state index in [1.54, 1.807) is 33.5 Å². The molecule has 0 radical (unpaired) electrons. The first kappa shape index (κ1) is 17.6. The van der Waals surface area contributed by atoms with Crippen molar-refractivity contribution in [2.45, 2.75) is 25.7 Å². The zero-order valence-corrected chi connectivity index (χ0v) is 14.3. The molecular formula is C15H22BrNO4. The predicted octanol–water partition coefficient (Wildman–Crippen LogP) is 3.61. The molecule has 21 heavy (non-hydrogen) atoms. The number of rotatable bonds is 9. The van der Waals surface area contributed by atoms with Gasteiger partial charge in [-0.3, -0.25) is 4.79 Å². The monoisotopic (exact) mass is 359 g/mol. The first-order valence-corrected chi connectivity index (χ1v) is 7.94. The number of ether oxygens (including phenoxy) is 3. The molecule has 0 unspecified atom stereocenters. The van der Waals surface area contributed by atoms with E-state index in [0.29, 0.717) is 29.4 Å². The maximum atomic E-state index is 12.0. The molecule has 0 fully saturated rings. The van der Waals surface area contributed by atoms with E-state index in [4.69, 9.17) is 14.2 Å². The second-order valence-corrected chi connectivity index (χ2v) is 5.25. The molecule has 118 valence electrons. The number of carbonyl (C=O) groups is 1. The Morgan fingerprint density at radius 2 is 1.67 bits per heavy atom. The number of alkyl halides is 1. The summed E-state index contributed by atoms with van der Waals surface area (Å²) in [4.78, 5) is 12.0. The lowest BCUT2D eigenvalue weighted by molar-refractivity contribution is -0.116. The average molecular weight is 360 g/mol. The Kier molecular flexibility index (Phi) is 7.97. The molecule has 1 aromatic carbocycles. The van der Waals surface area contributed by atoms with Crippen LogP contribution in [-0.4, -0.2) is 32.6 Å². The fourth-order valence-corrected chi connectivity index (χ4v) is 2.28. The van der Waals surface area contributed by atoms with E-state index < -0.39 is 0 Å². The van der Waals surface area contributed by atoms with E-state index in [9.17, 15) is 4.79 Å². The van der Waals surface area contributed by atoms with Crippen molar-refractivity contribution in [2.24, 2.45) is 0 Å². The summed E-state index contributed by atoms with van der Waals surface area (Å²) < 4.78 is 15.8. The van der Waals surface area contributed by atoms with Gasteiger partial charge in [-0.1, -0.05) is 22.4 Å². The number of halogens is 1. The van der Waals surface area contributed by atoms with Crippen LogP contribution in [0.25, 0.3) is 0 Å². The molecule has 0 aromatic heterocycles. The van der Waals surface area contributed by atoms with Crippen LogP contribution in [0, 0.1) is 0 Å². The third-order valence-electron chi connectivity index (χ3n) is 3.02. The highest BCUT2D eigenvalue weighted by Gasteiger charge is 2.15. The van der Waals surface area contributed by atoms with Gasteiger partial charge < -0.3 is 19.5 Å². The zero-order valence-electron chi connectivity index (χ0n) is 12.7. The van der Waals surface area contributed by atoms with Crippen LogP contribution in [-0.2, 0) is 4.79 Å². The molecule has 6 heteroatoms. The van der Waals surface area contributed by atoms with Crippen molar-refractivity contribution in [3.8, 4) is 17.2 Å². The summed E-state index contributed by atoms with van der Waals surface area (Å²) in [7, 11) is 4.65. The summed E-state index contributed by atoms with van der Waals surface area (Å²) in [5.41, 5.74) is 0.534. The molecule has 0 saturated heterocycles. The fraction of sp³-hybridized carbons (Fsp3) is 0.533. The van der Waals surface area contributed by atoms with E-state index in [0.717, 1.165) is 24.6 Å². The molecular weight excluding hydrogens is 338 g/mol. The number of nitrogens with one attached hydrogen (secondary N) is 1. The number of hydrogen-bond acceptors (Lipinski definition) is 4. The highest BCUT2D eigenvalue weighted by molar-refractivity contribution is 9.09. The quantitative estimate of drug-likeness (QED) is 0.540. The second kappa shape index (κ2) is 9.50. The number of hydrogen-bond donors (Lipinski definition) is 1. The molecule has 0 heterocycles. The van der Waals surface area contributed by atoms with E-state index in [1.807, 2.05) is 0 Å². The topological polar surface area (TPSA) is 56.8 Å². The predicted molar refractivity (Wildman–Crippen MR) is 87.0 cm³/mol. The van der Waals surface area contributed by atoms with Crippen molar-refractivity contribution < 1.29 is 19.0 Å². The van der Waals surface area contributed by atoms with Gasteiger partial charge in [0.15, 0.2) is 0 Å². The number of amides is 1. The van der Waals surface area contributed by atoms with E-state index >= 15 is 0 Å². The molecule has 1 aromatic rings. The first-order valence-electron chi connectivity index (χ1n) is 6.82. The lowest BCUT2D eigenvalue weighted by Gasteiger charge is -2.15. The first-order chi connectivity index (χ1) is 10.2. The van der Waals surface area contributed by atoms with Crippen molar-refractivity contribution >= 4 is 27.5 Å². The standard InChI is InChI=1S/C15H22BrNO4/c1-19-11-9-12(20-2)15(13(10-11)21-3)17-14(18)7-5-4-6-8-16/h9-10H,4-8H2,1-3H3,(H,17,18). The summed E-state index contributed by atoms with van der Waals surface area (Å²) in [5, 5.41) is 3.82. The summed E-state index contributed by atoms with van der Waals surface area (Å²) in [6.45, 7) is 0. The number of benzene rings is 1. The number of carbonyl (C=O) groups excluding carboxylic acids is 1. The van der Waals surface area contributed by atoms with Crippen LogP contribution < -0.4 is 19.5 Å². The zero-order chi connectivity index (χ0) is 15.7. The normalized spacial score (nSPS) is 10.1. The van der Waals surface area contributed by atoms with Gasteiger partial charge in [0.1, 0.15) is 22.9 Å². The van der Waals surface area contributed by atoms with Crippen LogP contribution in [0.4, 0.5) is 5.69 Å². The highest BCUT2D eigenvalue weighted by atomic mass is 79.9. The molecule has 0 saturated carbocycles. The van der Waals surface area contributed by atoms with Gasteiger partial charge in [0.2, 0.25) is 5.91 Å². The van der Waals surface area contributed by atoms with Crippen LogP contribution in [0.5, 0.6) is 17.2 Å². The third kappa shape index (κ3) is 5.46. The Balaban J connectivity index is 2.78. The van der Waals surface area contributed by atoms with Crippen LogP contribution >= 0.6 is 15.9 Å². The minimum atomic E-state index is -0.0497. The number of methoxy groups -OCH3 is 3. The Morgan fingerprint density at radius 3 is 2.14 bits per heavy atom. The Hall–Kier alpha value is -1.43. The van der Waals surface area contributed by atoms with Crippen molar-refractivity contribution in [3.63, 3.8) is 0 Å². The smallest absolute Gasteiger partial charge is 0.224 e. The lowest BCUT2D eigenvalue weighted by Crippen LogP contribution is -2.13. The van der Waals surface area contributed by atoms with Gasteiger partial charge in [-0.05, 0) is 12.8 Å².